The lowest BCUT2D eigenvalue weighted by molar-refractivity contribution is 0.0993. The van der Waals surface area contributed by atoms with Crippen LogP contribution in [0.2, 0.25) is 5.02 Å². The first-order valence-corrected chi connectivity index (χ1v) is 6.43. The van der Waals surface area contributed by atoms with Crippen molar-refractivity contribution in [1.82, 2.24) is 0 Å². The number of halogens is 1. The van der Waals surface area contributed by atoms with E-state index in [4.69, 9.17) is 11.6 Å². The smallest absolute Gasteiger partial charge is 0.167 e. The lowest BCUT2D eigenvalue weighted by atomic mass is 10.0. The number of aryl methyl sites for hydroxylation is 1. The predicted octanol–water partition coefficient (Wildman–Crippen LogP) is 4.33. The van der Waals surface area contributed by atoms with Crippen molar-refractivity contribution in [1.29, 1.82) is 0 Å². The maximum absolute atomic E-state index is 12.1. The van der Waals surface area contributed by atoms with Gasteiger partial charge in [0, 0.05) is 17.0 Å². The summed E-state index contributed by atoms with van der Waals surface area (Å²) in [4.78, 5) is 12.1. The molecular weight excluding hydrogens is 244 g/mol. The standard InChI is InChI=1S/C16H15ClO/c1-2-12-3-7-14(8-4-12)16(18)11-13-5-9-15(17)10-6-13/h3-10H,2,11H2,1H3. The van der Waals surface area contributed by atoms with Crippen LogP contribution in [-0.2, 0) is 12.8 Å². The number of benzene rings is 2. The molecule has 18 heavy (non-hydrogen) atoms. The molecule has 2 aromatic rings. The zero-order valence-corrected chi connectivity index (χ0v) is 11.1. The van der Waals surface area contributed by atoms with Gasteiger partial charge in [0.15, 0.2) is 5.78 Å². The summed E-state index contributed by atoms with van der Waals surface area (Å²) in [6.45, 7) is 2.10. The Morgan fingerprint density at radius 2 is 1.50 bits per heavy atom. The maximum Gasteiger partial charge on any atom is 0.167 e. The normalized spacial score (nSPS) is 10.3. The minimum atomic E-state index is 0.139. The van der Waals surface area contributed by atoms with E-state index in [9.17, 15) is 4.79 Å². The SMILES string of the molecule is CCc1ccc(C(=O)Cc2ccc(Cl)cc2)cc1. The van der Waals surface area contributed by atoms with Crippen molar-refractivity contribution in [3.05, 3.63) is 70.2 Å². The van der Waals surface area contributed by atoms with Crippen molar-refractivity contribution in [3.8, 4) is 0 Å². The van der Waals surface area contributed by atoms with E-state index in [2.05, 4.69) is 6.92 Å². The number of hydrogen-bond acceptors (Lipinski definition) is 1. The Morgan fingerprint density at radius 3 is 2.06 bits per heavy atom. The van der Waals surface area contributed by atoms with E-state index >= 15 is 0 Å². The Bertz CT molecular complexity index is 526. The molecule has 0 aromatic heterocycles. The molecule has 0 N–H and O–H groups in total. The molecule has 0 radical (unpaired) electrons. The van der Waals surface area contributed by atoms with E-state index in [1.54, 1.807) is 0 Å². The van der Waals surface area contributed by atoms with E-state index in [1.165, 1.54) is 5.56 Å². The summed E-state index contributed by atoms with van der Waals surface area (Å²) in [7, 11) is 0. The minimum absolute atomic E-state index is 0.139. The van der Waals surface area contributed by atoms with Crippen LogP contribution in [0.15, 0.2) is 48.5 Å². The van der Waals surface area contributed by atoms with Gasteiger partial charge in [-0.15, -0.1) is 0 Å². The Kier molecular flexibility index (Phi) is 4.16. The summed E-state index contributed by atoms with van der Waals surface area (Å²) in [5.74, 6) is 0.139. The number of Topliss-reactive ketones (excluding diaryl/α,β-unsaturated/α-hetero) is 1. The van der Waals surface area contributed by atoms with Gasteiger partial charge in [0.1, 0.15) is 0 Å². The highest BCUT2D eigenvalue weighted by molar-refractivity contribution is 6.30. The lowest BCUT2D eigenvalue weighted by Crippen LogP contribution is -2.03. The highest BCUT2D eigenvalue weighted by Crippen LogP contribution is 2.13. The Balaban J connectivity index is 2.09. The Morgan fingerprint density at radius 1 is 0.944 bits per heavy atom. The summed E-state index contributed by atoms with van der Waals surface area (Å²) in [6.07, 6.45) is 1.41. The van der Waals surface area contributed by atoms with Crippen LogP contribution >= 0.6 is 11.6 Å². The summed E-state index contributed by atoms with van der Waals surface area (Å²) >= 11 is 5.81. The van der Waals surface area contributed by atoms with Gasteiger partial charge in [0.05, 0.1) is 0 Å². The molecule has 0 saturated carbocycles. The van der Waals surface area contributed by atoms with Gasteiger partial charge >= 0.3 is 0 Å². The van der Waals surface area contributed by atoms with E-state index in [0.29, 0.717) is 11.4 Å². The fraction of sp³-hybridized carbons (Fsp3) is 0.188. The van der Waals surface area contributed by atoms with Gasteiger partial charge in [-0.1, -0.05) is 54.9 Å². The fourth-order valence-electron chi connectivity index (χ4n) is 1.82. The van der Waals surface area contributed by atoms with Gasteiger partial charge in [-0.05, 0) is 29.7 Å². The van der Waals surface area contributed by atoms with E-state index in [-0.39, 0.29) is 5.78 Å². The molecule has 1 nitrogen and oxygen atoms in total. The third-order valence-electron chi connectivity index (χ3n) is 2.96. The van der Waals surface area contributed by atoms with Crippen LogP contribution in [0.5, 0.6) is 0 Å². The lowest BCUT2D eigenvalue weighted by Gasteiger charge is -2.03. The zero-order valence-electron chi connectivity index (χ0n) is 10.3. The molecule has 0 fully saturated rings. The minimum Gasteiger partial charge on any atom is -0.294 e. The van der Waals surface area contributed by atoms with Crippen LogP contribution in [0.3, 0.4) is 0 Å². The van der Waals surface area contributed by atoms with E-state index in [1.807, 2.05) is 48.5 Å². The topological polar surface area (TPSA) is 17.1 Å². The van der Waals surface area contributed by atoms with Crippen molar-refractivity contribution in [2.45, 2.75) is 19.8 Å². The number of carbonyl (C=O) groups excluding carboxylic acids is 1. The summed E-state index contributed by atoms with van der Waals surface area (Å²) < 4.78 is 0. The van der Waals surface area contributed by atoms with E-state index < -0.39 is 0 Å². The van der Waals surface area contributed by atoms with Crippen LogP contribution in [0.25, 0.3) is 0 Å². The second kappa shape index (κ2) is 5.83. The van der Waals surface area contributed by atoms with Crippen molar-refractivity contribution in [3.63, 3.8) is 0 Å². The first kappa shape index (κ1) is 12.8. The van der Waals surface area contributed by atoms with Crippen LogP contribution in [0, 0.1) is 0 Å². The molecule has 0 amide bonds. The van der Waals surface area contributed by atoms with Gasteiger partial charge in [-0.2, -0.15) is 0 Å². The molecule has 0 spiro atoms. The van der Waals surface area contributed by atoms with Crippen molar-refractivity contribution < 1.29 is 4.79 Å². The predicted molar refractivity (Wildman–Crippen MR) is 75.3 cm³/mol. The Hall–Kier alpha value is -1.60. The summed E-state index contributed by atoms with van der Waals surface area (Å²) in [5.41, 5.74) is 3.00. The molecule has 2 rings (SSSR count). The first-order chi connectivity index (χ1) is 8.69. The van der Waals surface area contributed by atoms with Crippen molar-refractivity contribution >= 4 is 17.4 Å². The molecule has 0 aliphatic heterocycles. The second-order valence-corrected chi connectivity index (χ2v) is 4.71. The zero-order chi connectivity index (χ0) is 13.0. The third-order valence-corrected chi connectivity index (χ3v) is 3.21. The van der Waals surface area contributed by atoms with Crippen LogP contribution < -0.4 is 0 Å². The van der Waals surface area contributed by atoms with Crippen LogP contribution in [0.4, 0.5) is 0 Å². The average molecular weight is 259 g/mol. The summed E-state index contributed by atoms with van der Waals surface area (Å²) in [5, 5.41) is 0.693. The molecule has 0 bridgehead atoms. The molecule has 0 aliphatic carbocycles. The van der Waals surface area contributed by atoms with Gasteiger partial charge in [-0.25, -0.2) is 0 Å². The van der Waals surface area contributed by atoms with Crippen LogP contribution in [0.1, 0.15) is 28.4 Å². The molecule has 0 aliphatic rings. The van der Waals surface area contributed by atoms with Gasteiger partial charge in [-0.3, -0.25) is 4.79 Å². The quantitative estimate of drug-likeness (QED) is 0.746. The number of rotatable bonds is 4. The molecule has 2 aromatic carbocycles. The molecule has 0 atom stereocenters. The van der Waals surface area contributed by atoms with E-state index in [0.717, 1.165) is 17.5 Å². The maximum atomic E-state index is 12.1. The number of carbonyl (C=O) groups is 1. The number of ketones is 1. The number of hydrogen-bond donors (Lipinski definition) is 0. The first-order valence-electron chi connectivity index (χ1n) is 6.05. The van der Waals surface area contributed by atoms with Crippen molar-refractivity contribution in [2.75, 3.05) is 0 Å². The highest BCUT2D eigenvalue weighted by Gasteiger charge is 2.06. The monoisotopic (exact) mass is 258 g/mol. The van der Waals surface area contributed by atoms with Gasteiger partial charge < -0.3 is 0 Å². The molecule has 0 saturated heterocycles. The molecular formula is C16H15ClO. The molecule has 92 valence electrons. The molecule has 0 unspecified atom stereocenters. The van der Waals surface area contributed by atoms with Gasteiger partial charge in [0.25, 0.3) is 0 Å². The Labute approximate surface area is 112 Å². The summed E-state index contributed by atoms with van der Waals surface area (Å²) in [6, 6.07) is 15.2. The van der Waals surface area contributed by atoms with Gasteiger partial charge in [0.2, 0.25) is 0 Å². The fourth-order valence-corrected chi connectivity index (χ4v) is 1.94. The molecule has 2 heteroatoms. The molecule has 0 heterocycles. The average Bonchev–Trinajstić information content (AvgIpc) is 2.41. The van der Waals surface area contributed by atoms with Crippen LogP contribution in [-0.4, -0.2) is 5.78 Å². The third kappa shape index (κ3) is 3.21. The highest BCUT2D eigenvalue weighted by atomic mass is 35.5. The second-order valence-electron chi connectivity index (χ2n) is 4.28. The van der Waals surface area contributed by atoms with Crippen molar-refractivity contribution in [2.24, 2.45) is 0 Å². The largest absolute Gasteiger partial charge is 0.294 e.